The Morgan fingerprint density at radius 2 is 1.69 bits per heavy atom. The van der Waals surface area contributed by atoms with Crippen molar-refractivity contribution in [2.45, 2.75) is 31.2 Å². The van der Waals surface area contributed by atoms with Crippen molar-refractivity contribution in [3.8, 4) is 11.1 Å². The number of benzene rings is 2. The second-order valence-corrected chi connectivity index (χ2v) is 7.04. The number of rotatable bonds is 5. The molecule has 0 heterocycles. The molecule has 2 aliphatic carbocycles. The molecular formula is C21H21NO4. The Hall–Kier alpha value is -2.82. The Kier molecular flexibility index (Phi) is 3.94. The van der Waals surface area contributed by atoms with Crippen molar-refractivity contribution < 1.29 is 19.4 Å². The molecule has 134 valence electrons. The van der Waals surface area contributed by atoms with E-state index in [0.717, 1.165) is 28.7 Å². The molecule has 0 spiro atoms. The van der Waals surface area contributed by atoms with Gasteiger partial charge in [-0.15, -0.1) is 0 Å². The maximum absolute atomic E-state index is 12.2. The molecule has 2 unspecified atom stereocenters. The molecule has 5 nitrogen and oxygen atoms in total. The molecule has 0 bridgehead atoms. The van der Waals surface area contributed by atoms with Gasteiger partial charge in [0, 0.05) is 5.92 Å². The Morgan fingerprint density at radius 1 is 1.12 bits per heavy atom. The van der Waals surface area contributed by atoms with Crippen LogP contribution in [0.2, 0.25) is 0 Å². The standard InChI is InChI=1S/C21H21NO4/c1-2-13-11-21(13,19(23)24)22-20(25)26-12-18-16-9-5-3-7-14(16)15-8-4-6-10-17(15)18/h3-10,13,18H,2,11-12H2,1H3,(H,22,25)(H,23,24). The Labute approximate surface area is 152 Å². The lowest BCUT2D eigenvalue weighted by atomic mass is 9.98. The van der Waals surface area contributed by atoms with Crippen LogP contribution < -0.4 is 5.32 Å². The molecule has 4 rings (SSSR count). The van der Waals surface area contributed by atoms with Crippen LogP contribution in [0.1, 0.15) is 36.8 Å². The first-order valence-electron chi connectivity index (χ1n) is 8.93. The van der Waals surface area contributed by atoms with E-state index in [2.05, 4.69) is 17.4 Å². The maximum atomic E-state index is 12.2. The van der Waals surface area contributed by atoms with E-state index in [4.69, 9.17) is 4.74 Å². The van der Waals surface area contributed by atoms with Crippen molar-refractivity contribution in [2.75, 3.05) is 6.61 Å². The van der Waals surface area contributed by atoms with Gasteiger partial charge in [-0.05, 0) is 34.6 Å². The van der Waals surface area contributed by atoms with E-state index in [9.17, 15) is 14.7 Å². The zero-order valence-electron chi connectivity index (χ0n) is 14.6. The van der Waals surface area contributed by atoms with E-state index in [1.807, 2.05) is 43.3 Å². The van der Waals surface area contributed by atoms with Gasteiger partial charge < -0.3 is 15.2 Å². The van der Waals surface area contributed by atoms with Crippen LogP contribution in [-0.4, -0.2) is 29.3 Å². The summed E-state index contributed by atoms with van der Waals surface area (Å²) in [7, 11) is 0. The summed E-state index contributed by atoms with van der Waals surface area (Å²) in [5, 5.41) is 12.0. The second kappa shape index (κ2) is 6.16. The van der Waals surface area contributed by atoms with Gasteiger partial charge in [-0.2, -0.15) is 0 Å². The summed E-state index contributed by atoms with van der Waals surface area (Å²) in [4.78, 5) is 23.8. The zero-order chi connectivity index (χ0) is 18.3. The Morgan fingerprint density at radius 3 is 2.19 bits per heavy atom. The highest BCUT2D eigenvalue weighted by Crippen LogP contribution is 2.47. The van der Waals surface area contributed by atoms with Crippen LogP contribution in [0.15, 0.2) is 48.5 Å². The summed E-state index contributed by atoms with van der Waals surface area (Å²) in [5.74, 6) is -1.05. The highest BCUT2D eigenvalue weighted by atomic mass is 16.5. The van der Waals surface area contributed by atoms with Crippen LogP contribution in [0.25, 0.3) is 11.1 Å². The third-order valence-electron chi connectivity index (χ3n) is 5.65. The fourth-order valence-electron chi connectivity index (χ4n) is 4.11. The maximum Gasteiger partial charge on any atom is 0.408 e. The molecule has 1 amide bonds. The summed E-state index contributed by atoms with van der Waals surface area (Å²) in [5.41, 5.74) is 3.43. The summed E-state index contributed by atoms with van der Waals surface area (Å²) < 4.78 is 5.45. The summed E-state index contributed by atoms with van der Waals surface area (Å²) in [6.07, 6.45) is 0.518. The van der Waals surface area contributed by atoms with Gasteiger partial charge in [0.25, 0.3) is 0 Å². The topological polar surface area (TPSA) is 75.6 Å². The van der Waals surface area contributed by atoms with Gasteiger partial charge in [0.2, 0.25) is 0 Å². The van der Waals surface area contributed by atoms with Gasteiger partial charge in [0.05, 0.1) is 0 Å². The first-order chi connectivity index (χ1) is 12.6. The molecule has 0 aliphatic heterocycles. The van der Waals surface area contributed by atoms with E-state index in [1.165, 1.54) is 0 Å². The molecule has 1 fully saturated rings. The van der Waals surface area contributed by atoms with Gasteiger partial charge in [-0.25, -0.2) is 9.59 Å². The van der Waals surface area contributed by atoms with Crippen molar-refractivity contribution in [3.05, 3.63) is 59.7 Å². The highest BCUT2D eigenvalue weighted by molar-refractivity contribution is 5.88. The lowest BCUT2D eigenvalue weighted by Crippen LogP contribution is -2.45. The lowest BCUT2D eigenvalue weighted by Gasteiger charge is -2.17. The third-order valence-corrected chi connectivity index (χ3v) is 5.65. The minimum atomic E-state index is -1.16. The van der Waals surface area contributed by atoms with Crippen LogP contribution in [0.5, 0.6) is 0 Å². The fraction of sp³-hybridized carbons (Fsp3) is 0.333. The fourth-order valence-corrected chi connectivity index (χ4v) is 4.11. The van der Waals surface area contributed by atoms with Crippen LogP contribution in [0.4, 0.5) is 4.79 Å². The molecule has 5 heteroatoms. The smallest absolute Gasteiger partial charge is 0.408 e. The van der Waals surface area contributed by atoms with Crippen LogP contribution >= 0.6 is 0 Å². The molecule has 2 aromatic carbocycles. The SMILES string of the molecule is CCC1CC1(NC(=O)OCC1c2ccccc2-c2ccccc21)C(=O)O. The molecular weight excluding hydrogens is 330 g/mol. The van der Waals surface area contributed by atoms with Gasteiger partial charge in [-0.3, -0.25) is 0 Å². The van der Waals surface area contributed by atoms with Crippen LogP contribution in [0, 0.1) is 5.92 Å². The van der Waals surface area contributed by atoms with Gasteiger partial charge in [0.1, 0.15) is 12.1 Å². The van der Waals surface area contributed by atoms with E-state index in [1.54, 1.807) is 0 Å². The number of amides is 1. The second-order valence-electron chi connectivity index (χ2n) is 7.04. The number of carbonyl (C=O) groups is 2. The van der Waals surface area contributed by atoms with Crippen molar-refractivity contribution in [1.82, 2.24) is 5.32 Å². The molecule has 2 aromatic rings. The minimum absolute atomic E-state index is 0.0273. The zero-order valence-corrected chi connectivity index (χ0v) is 14.6. The number of nitrogens with one attached hydrogen (secondary N) is 1. The summed E-state index contributed by atoms with van der Waals surface area (Å²) in [6.45, 7) is 2.11. The van der Waals surface area contributed by atoms with Gasteiger partial charge in [0.15, 0.2) is 0 Å². The molecule has 0 radical (unpaired) electrons. The number of carboxylic acid groups (broad SMARTS) is 1. The van der Waals surface area contributed by atoms with E-state index in [0.29, 0.717) is 6.42 Å². The molecule has 0 saturated heterocycles. The van der Waals surface area contributed by atoms with Gasteiger partial charge >= 0.3 is 12.1 Å². The quantitative estimate of drug-likeness (QED) is 0.860. The monoisotopic (exact) mass is 351 g/mol. The first kappa shape index (κ1) is 16.6. The van der Waals surface area contributed by atoms with Gasteiger partial charge in [-0.1, -0.05) is 61.9 Å². The van der Waals surface area contributed by atoms with Crippen molar-refractivity contribution in [2.24, 2.45) is 5.92 Å². The average molecular weight is 351 g/mol. The summed E-state index contributed by atoms with van der Waals surface area (Å²) in [6, 6.07) is 16.2. The number of carbonyl (C=O) groups excluding carboxylic acids is 1. The summed E-state index contributed by atoms with van der Waals surface area (Å²) >= 11 is 0. The molecule has 26 heavy (non-hydrogen) atoms. The van der Waals surface area contributed by atoms with E-state index < -0.39 is 17.6 Å². The highest BCUT2D eigenvalue weighted by Gasteiger charge is 2.61. The number of carboxylic acids is 1. The number of fused-ring (bicyclic) bond motifs is 3. The average Bonchev–Trinajstić information content (AvgIpc) is 3.28. The van der Waals surface area contributed by atoms with Crippen LogP contribution in [-0.2, 0) is 9.53 Å². The van der Waals surface area contributed by atoms with E-state index >= 15 is 0 Å². The number of alkyl carbamates (subject to hydrolysis) is 1. The Bertz CT molecular complexity index is 832. The largest absolute Gasteiger partial charge is 0.479 e. The van der Waals surface area contributed by atoms with Crippen molar-refractivity contribution >= 4 is 12.1 Å². The molecule has 0 aromatic heterocycles. The predicted molar refractivity (Wildman–Crippen MR) is 97.0 cm³/mol. The first-order valence-corrected chi connectivity index (χ1v) is 8.93. The lowest BCUT2D eigenvalue weighted by molar-refractivity contribution is -0.141. The minimum Gasteiger partial charge on any atom is -0.479 e. The number of hydrogen-bond acceptors (Lipinski definition) is 3. The Balaban J connectivity index is 1.49. The third kappa shape index (κ3) is 2.55. The number of hydrogen-bond donors (Lipinski definition) is 2. The van der Waals surface area contributed by atoms with Crippen LogP contribution in [0.3, 0.4) is 0 Å². The van der Waals surface area contributed by atoms with E-state index in [-0.39, 0.29) is 18.4 Å². The molecule has 2 atom stereocenters. The van der Waals surface area contributed by atoms with Crippen molar-refractivity contribution in [1.29, 1.82) is 0 Å². The molecule has 2 aliphatic rings. The predicted octanol–water partition coefficient (Wildman–Crippen LogP) is 3.78. The number of aliphatic carboxylic acids is 1. The molecule has 1 saturated carbocycles. The van der Waals surface area contributed by atoms with Crippen molar-refractivity contribution in [3.63, 3.8) is 0 Å². The molecule has 2 N–H and O–H groups in total. The number of ether oxygens (including phenoxy) is 1. The normalized spacial score (nSPS) is 23.0.